The molecular weight excluding hydrogens is 745 g/mol. The molecule has 0 spiro atoms. The molecule has 0 aliphatic rings. The van der Waals surface area contributed by atoms with Gasteiger partial charge in [-0.05, 0) is 51.4 Å². The molecule has 330 valence electrons. The molecule has 11 nitrogen and oxygen atoms in total. The minimum absolute atomic E-state index is 0.146. The maximum Gasteiger partial charge on any atom is 0.472 e. The second-order valence-electron chi connectivity index (χ2n) is 14.8. The number of nitrogens with two attached hydrogens (primary N) is 1. The zero-order valence-electron chi connectivity index (χ0n) is 35.7. The number of carbonyl (C=O) groups excluding carboxylic acids is 2. The second kappa shape index (κ2) is 40.2. The molecule has 0 aromatic rings. The van der Waals surface area contributed by atoms with E-state index in [1.807, 2.05) is 6.08 Å². The van der Waals surface area contributed by atoms with Crippen molar-refractivity contribution in [2.24, 2.45) is 5.73 Å². The van der Waals surface area contributed by atoms with E-state index in [2.05, 4.69) is 60.9 Å². The van der Waals surface area contributed by atoms with Gasteiger partial charge in [0.05, 0.1) is 13.2 Å². The summed E-state index contributed by atoms with van der Waals surface area (Å²) in [4.78, 5) is 45.9. The lowest BCUT2D eigenvalue weighted by Crippen LogP contribution is -2.34. The van der Waals surface area contributed by atoms with Gasteiger partial charge in [-0.25, -0.2) is 4.57 Å². The van der Waals surface area contributed by atoms with E-state index >= 15 is 0 Å². The van der Waals surface area contributed by atoms with Crippen LogP contribution in [0.2, 0.25) is 0 Å². The van der Waals surface area contributed by atoms with Crippen molar-refractivity contribution in [3.05, 3.63) is 48.6 Å². The number of esters is 2. The Morgan fingerprint density at radius 3 is 1.44 bits per heavy atom. The van der Waals surface area contributed by atoms with Gasteiger partial charge in [-0.2, -0.15) is 0 Å². The normalized spacial score (nSPS) is 14.2. The van der Waals surface area contributed by atoms with Gasteiger partial charge in [-0.3, -0.25) is 23.4 Å². The van der Waals surface area contributed by atoms with Crippen LogP contribution in [-0.2, 0) is 37.5 Å². The van der Waals surface area contributed by atoms with E-state index in [0.29, 0.717) is 19.3 Å². The number of carbonyl (C=O) groups is 3. The quantitative estimate of drug-likeness (QED) is 0.0232. The van der Waals surface area contributed by atoms with E-state index in [1.54, 1.807) is 0 Å². The van der Waals surface area contributed by atoms with Crippen molar-refractivity contribution in [1.82, 2.24) is 0 Å². The fourth-order valence-corrected chi connectivity index (χ4v) is 6.60. The number of carboxylic acid groups (broad SMARTS) is 1. The highest BCUT2D eigenvalue weighted by Gasteiger charge is 2.28. The standard InChI is InChI=1S/C45H80NO10P/c1-3-5-7-9-11-13-15-17-19-21-23-24-26-28-30-32-34-36-43(47)53-38-41(39-54-57(51,52)55-40-42(46)45(49)50)56-44(48)37-35-33-31-29-27-25-22-20-18-16-14-12-10-8-6-4-2/h11,13,17,19,23-24,28,30,41-42H,3-10,12,14-16,18,20-22,25-27,29,31-40,46H2,1-2H3,(H,49,50)(H,51,52)/b13-11-,19-17-,24-23-,30-28-/t41-,42+/m1/s1. The SMILES string of the molecule is CCCCC/C=C\C/C=C\C/C=C\C/C=C\CCCC(=O)OC[C@H](COP(=O)(O)OC[C@H](N)C(=O)O)OC(=O)CCCCCCCCCCCCCCCCCC. The Balaban J connectivity index is 4.43. The van der Waals surface area contributed by atoms with Crippen molar-refractivity contribution in [1.29, 1.82) is 0 Å². The fourth-order valence-electron chi connectivity index (χ4n) is 5.82. The third-order valence-corrected chi connectivity index (χ3v) is 10.3. The molecule has 12 heteroatoms. The number of carboxylic acids is 1. The number of hydrogen-bond acceptors (Lipinski definition) is 9. The van der Waals surface area contributed by atoms with Gasteiger partial charge in [0, 0.05) is 12.8 Å². The van der Waals surface area contributed by atoms with E-state index in [-0.39, 0.29) is 19.4 Å². The first-order valence-electron chi connectivity index (χ1n) is 22.2. The van der Waals surface area contributed by atoms with Crippen molar-refractivity contribution in [3.8, 4) is 0 Å². The fraction of sp³-hybridized carbons (Fsp3) is 0.756. The molecule has 0 saturated carbocycles. The lowest BCUT2D eigenvalue weighted by atomic mass is 10.0. The lowest BCUT2D eigenvalue weighted by molar-refractivity contribution is -0.161. The summed E-state index contributed by atoms with van der Waals surface area (Å²) in [5, 5.41) is 8.89. The molecule has 4 N–H and O–H groups in total. The van der Waals surface area contributed by atoms with Crippen LogP contribution in [0.25, 0.3) is 0 Å². The van der Waals surface area contributed by atoms with Crippen LogP contribution in [0.5, 0.6) is 0 Å². The smallest absolute Gasteiger partial charge is 0.472 e. The summed E-state index contributed by atoms with van der Waals surface area (Å²) in [7, 11) is -4.73. The van der Waals surface area contributed by atoms with E-state index < -0.39 is 51.1 Å². The average Bonchev–Trinajstić information content (AvgIpc) is 3.19. The maximum atomic E-state index is 12.6. The molecule has 0 saturated heterocycles. The number of phosphoric ester groups is 1. The topological polar surface area (TPSA) is 172 Å². The summed E-state index contributed by atoms with van der Waals surface area (Å²) in [6, 6.07) is -1.53. The molecule has 0 bridgehead atoms. The summed E-state index contributed by atoms with van der Waals surface area (Å²) < 4.78 is 32.6. The highest BCUT2D eigenvalue weighted by molar-refractivity contribution is 7.47. The zero-order valence-corrected chi connectivity index (χ0v) is 36.6. The minimum atomic E-state index is -4.73. The monoisotopic (exact) mass is 826 g/mol. The Morgan fingerprint density at radius 2 is 0.947 bits per heavy atom. The van der Waals surface area contributed by atoms with Crippen molar-refractivity contribution in [3.63, 3.8) is 0 Å². The van der Waals surface area contributed by atoms with Crippen LogP contribution in [0, 0.1) is 0 Å². The number of allylic oxidation sites excluding steroid dienone is 8. The third kappa shape index (κ3) is 40.0. The minimum Gasteiger partial charge on any atom is -0.480 e. The van der Waals surface area contributed by atoms with Gasteiger partial charge in [0.2, 0.25) is 0 Å². The van der Waals surface area contributed by atoms with Crippen molar-refractivity contribution < 1.29 is 47.5 Å². The molecule has 0 radical (unpaired) electrons. The van der Waals surface area contributed by atoms with Gasteiger partial charge in [0.15, 0.2) is 6.10 Å². The van der Waals surface area contributed by atoms with E-state index in [0.717, 1.165) is 44.9 Å². The van der Waals surface area contributed by atoms with Gasteiger partial charge in [-0.1, -0.05) is 172 Å². The molecule has 0 aliphatic heterocycles. The number of rotatable bonds is 41. The van der Waals surface area contributed by atoms with Gasteiger partial charge < -0.3 is 25.2 Å². The molecule has 0 amide bonds. The number of hydrogen-bond donors (Lipinski definition) is 3. The van der Waals surface area contributed by atoms with Crippen LogP contribution >= 0.6 is 7.82 Å². The third-order valence-electron chi connectivity index (χ3n) is 9.33. The summed E-state index contributed by atoms with van der Waals surface area (Å²) in [6.45, 7) is 2.73. The van der Waals surface area contributed by atoms with E-state index in [1.165, 1.54) is 96.3 Å². The zero-order chi connectivity index (χ0) is 42.1. The largest absolute Gasteiger partial charge is 0.480 e. The van der Waals surface area contributed by atoms with Gasteiger partial charge >= 0.3 is 25.7 Å². The van der Waals surface area contributed by atoms with E-state index in [9.17, 15) is 23.8 Å². The van der Waals surface area contributed by atoms with Crippen molar-refractivity contribution in [2.45, 2.75) is 199 Å². The van der Waals surface area contributed by atoms with Crippen LogP contribution < -0.4 is 5.73 Å². The molecule has 57 heavy (non-hydrogen) atoms. The van der Waals surface area contributed by atoms with Crippen LogP contribution in [0.4, 0.5) is 0 Å². The number of aliphatic carboxylic acids is 1. The van der Waals surface area contributed by atoms with E-state index in [4.69, 9.17) is 24.8 Å². The Morgan fingerprint density at radius 1 is 0.544 bits per heavy atom. The van der Waals surface area contributed by atoms with Gasteiger partial charge in [-0.15, -0.1) is 0 Å². The highest BCUT2D eigenvalue weighted by atomic mass is 31.2. The summed E-state index contributed by atoms with van der Waals surface area (Å²) >= 11 is 0. The second-order valence-corrected chi connectivity index (χ2v) is 16.3. The molecule has 0 aliphatic carbocycles. The van der Waals surface area contributed by atoms with Crippen LogP contribution in [0.1, 0.15) is 187 Å². The van der Waals surface area contributed by atoms with Crippen LogP contribution in [0.3, 0.4) is 0 Å². The number of ether oxygens (including phenoxy) is 2. The molecule has 0 fully saturated rings. The van der Waals surface area contributed by atoms with Crippen molar-refractivity contribution in [2.75, 3.05) is 19.8 Å². The number of unbranched alkanes of at least 4 members (excludes halogenated alkanes) is 19. The summed E-state index contributed by atoms with van der Waals surface area (Å²) in [5.41, 5.74) is 5.33. The first-order chi connectivity index (χ1) is 27.6. The Hall–Kier alpha value is -2.56. The first kappa shape index (κ1) is 54.4. The Labute approximate surface area is 345 Å². The van der Waals surface area contributed by atoms with Crippen LogP contribution in [-0.4, -0.2) is 59.9 Å². The molecular formula is C45H80NO10P. The lowest BCUT2D eigenvalue weighted by Gasteiger charge is -2.20. The van der Waals surface area contributed by atoms with Gasteiger partial charge in [0.1, 0.15) is 12.6 Å². The first-order valence-corrected chi connectivity index (χ1v) is 23.7. The van der Waals surface area contributed by atoms with Crippen molar-refractivity contribution >= 4 is 25.7 Å². The predicted molar refractivity (Wildman–Crippen MR) is 231 cm³/mol. The number of phosphoric acid groups is 1. The Kier molecular flexibility index (Phi) is 38.4. The summed E-state index contributed by atoms with van der Waals surface area (Å²) in [5.74, 6) is -2.45. The summed E-state index contributed by atoms with van der Waals surface area (Å²) in [6.07, 6.45) is 44.6. The molecule has 0 aromatic carbocycles. The van der Waals surface area contributed by atoms with Gasteiger partial charge in [0.25, 0.3) is 0 Å². The Bertz CT molecular complexity index is 1150. The van der Waals surface area contributed by atoms with Crippen LogP contribution in [0.15, 0.2) is 48.6 Å². The molecule has 0 aromatic heterocycles. The molecule has 0 rings (SSSR count). The molecule has 0 heterocycles. The molecule has 3 atom stereocenters. The highest BCUT2D eigenvalue weighted by Crippen LogP contribution is 2.43. The molecule has 1 unspecified atom stereocenters. The average molecular weight is 826 g/mol. The predicted octanol–water partition coefficient (Wildman–Crippen LogP) is 11.8. The maximum absolute atomic E-state index is 12.6.